The van der Waals surface area contributed by atoms with Crippen LogP contribution in [0.2, 0.25) is 0 Å². The third kappa shape index (κ3) is 2.67. The van der Waals surface area contributed by atoms with Crippen molar-refractivity contribution in [1.29, 1.82) is 0 Å². The van der Waals surface area contributed by atoms with Crippen LogP contribution in [0.4, 0.5) is 0 Å². The summed E-state index contributed by atoms with van der Waals surface area (Å²) in [6, 6.07) is 9.91. The van der Waals surface area contributed by atoms with Crippen molar-refractivity contribution < 1.29 is 4.84 Å². The zero-order chi connectivity index (χ0) is 8.10. The maximum Gasteiger partial charge on any atom is 0.0649 e. The van der Waals surface area contributed by atoms with E-state index >= 15 is 0 Å². The highest BCUT2D eigenvalue weighted by molar-refractivity contribution is 5.13. The van der Waals surface area contributed by atoms with Gasteiger partial charge in [0.25, 0.3) is 0 Å². The van der Waals surface area contributed by atoms with Crippen molar-refractivity contribution >= 4 is 0 Å². The van der Waals surface area contributed by atoms with Crippen molar-refractivity contribution in [3.8, 4) is 0 Å². The minimum Gasteiger partial charge on any atom is -0.287 e. The summed E-state index contributed by atoms with van der Waals surface area (Å²) in [7, 11) is 1.54. The molecule has 0 fully saturated rings. The molecule has 0 spiro atoms. The lowest BCUT2D eigenvalue weighted by atomic mass is 10.2. The van der Waals surface area contributed by atoms with Gasteiger partial charge in [-0.05, 0) is 5.56 Å². The first-order chi connectivity index (χ1) is 5.33. The van der Waals surface area contributed by atoms with Crippen LogP contribution in [0.1, 0.15) is 5.56 Å². The summed E-state index contributed by atoms with van der Waals surface area (Å²) in [5.41, 5.74) is 1.14. The minimum atomic E-state index is 0.608. The number of hydrogen-bond donors (Lipinski definition) is 1. The van der Waals surface area contributed by atoms with Gasteiger partial charge in [-0.2, -0.15) is 0 Å². The van der Waals surface area contributed by atoms with Gasteiger partial charge in [0, 0.05) is 0 Å². The maximum absolute atomic E-state index is 5.42. The first-order valence-corrected chi connectivity index (χ1v) is 3.43. The summed E-state index contributed by atoms with van der Waals surface area (Å²) < 4.78 is 0. The Hall–Kier alpha value is -0.900. The van der Waals surface area contributed by atoms with Crippen LogP contribution in [-0.2, 0) is 11.4 Å². The molecular weight excluding hydrogens is 140 g/mol. The molecule has 0 aliphatic carbocycles. The third-order valence-electron chi connectivity index (χ3n) is 1.42. The molecule has 3 nitrogen and oxygen atoms in total. The maximum atomic E-state index is 5.42. The average molecular weight is 152 g/mol. The van der Waals surface area contributed by atoms with Gasteiger partial charge in [-0.25, -0.2) is 5.84 Å². The van der Waals surface area contributed by atoms with Gasteiger partial charge in [0.15, 0.2) is 0 Å². The molecule has 0 unspecified atom stereocenters. The van der Waals surface area contributed by atoms with Crippen molar-refractivity contribution in [2.75, 3.05) is 7.11 Å². The Morgan fingerprint density at radius 3 is 2.55 bits per heavy atom. The van der Waals surface area contributed by atoms with Crippen LogP contribution in [0.25, 0.3) is 0 Å². The fraction of sp³-hybridized carbons (Fsp3) is 0.250. The monoisotopic (exact) mass is 152 g/mol. The summed E-state index contributed by atoms with van der Waals surface area (Å²) >= 11 is 0. The van der Waals surface area contributed by atoms with Crippen molar-refractivity contribution in [3.05, 3.63) is 35.9 Å². The van der Waals surface area contributed by atoms with Gasteiger partial charge in [-0.3, -0.25) is 4.84 Å². The lowest BCUT2D eigenvalue weighted by Gasteiger charge is -2.11. The molecule has 0 saturated carbocycles. The quantitative estimate of drug-likeness (QED) is 0.517. The summed E-state index contributed by atoms with van der Waals surface area (Å²) in [6.45, 7) is 0.608. The predicted octanol–water partition coefficient (Wildman–Crippen LogP) is 0.924. The van der Waals surface area contributed by atoms with Gasteiger partial charge in [-0.1, -0.05) is 30.3 Å². The van der Waals surface area contributed by atoms with E-state index < -0.39 is 0 Å². The van der Waals surface area contributed by atoms with Crippen molar-refractivity contribution in [3.63, 3.8) is 0 Å². The fourth-order valence-corrected chi connectivity index (χ4v) is 0.828. The number of nitrogens with two attached hydrogens (primary N) is 1. The molecule has 0 saturated heterocycles. The van der Waals surface area contributed by atoms with E-state index in [9.17, 15) is 0 Å². The summed E-state index contributed by atoms with van der Waals surface area (Å²) in [5.74, 6) is 5.42. The summed E-state index contributed by atoms with van der Waals surface area (Å²) in [6.07, 6.45) is 0. The molecule has 1 aromatic carbocycles. The Morgan fingerprint density at radius 2 is 2.00 bits per heavy atom. The van der Waals surface area contributed by atoms with Crippen LogP contribution in [0.15, 0.2) is 30.3 Å². The third-order valence-corrected chi connectivity index (χ3v) is 1.42. The number of rotatable bonds is 3. The molecule has 0 aliphatic heterocycles. The van der Waals surface area contributed by atoms with Gasteiger partial charge in [0.05, 0.1) is 13.7 Å². The van der Waals surface area contributed by atoms with E-state index in [0.717, 1.165) is 5.56 Å². The molecule has 0 atom stereocenters. The Balaban J connectivity index is 2.51. The van der Waals surface area contributed by atoms with Crippen LogP contribution in [0.3, 0.4) is 0 Å². The van der Waals surface area contributed by atoms with Gasteiger partial charge in [0.2, 0.25) is 0 Å². The number of hydrazine groups is 1. The minimum absolute atomic E-state index is 0.608. The molecule has 0 heterocycles. The number of hydrogen-bond acceptors (Lipinski definition) is 3. The van der Waals surface area contributed by atoms with Gasteiger partial charge >= 0.3 is 0 Å². The van der Waals surface area contributed by atoms with Gasteiger partial charge in [-0.15, -0.1) is 5.17 Å². The van der Waals surface area contributed by atoms with E-state index in [0.29, 0.717) is 6.54 Å². The Labute approximate surface area is 66.3 Å². The molecule has 3 heteroatoms. The highest BCUT2D eigenvalue weighted by Gasteiger charge is 1.95. The normalized spacial score (nSPS) is 10.5. The Morgan fingerprint density at radius 1 is 1.36 bits per heavy atom. The van der Waals surface area contributed by atoms with Gasteiger partial charge in [0.1, 0.15) is 0 Å². The molecule has 0 amide bonds. The number of nitrogens with zero attached hydrogens (tertiary/aromatic N) is 1. The predicted molar refractivity (Wildman–Crippen MR) is 43.2 cm³/mol. The first-order valence-electron chi connectivity index (χ1n) is 3.43. The molecular formula is C8H12N2O. The van der Waals surface area contributed by atoms with Crippen molar-refractivity contribution in [2.24, 2.45) is 5.84 Å². The molecule has 0 aromatic heterocycles. The second kappa shape index (κ2) is 4.08. The van der Waals surface area contributed by atoms with Crippen LogP contribution >= 0.6 is 0 Å². The van der Waals surface area contributed by atoms with E-state index in [1.54, 1.807) is 7.11 Å². The molecule has 60 valence electrons. The molecule has 1 rings (SSSR count). The van der Waals surface area contributed by atoms with Crippen LogP contribution in [0.5, 0.6) is 0 Å². The molecule has 0 aliphatic rings. The summed E-state index contributed by atoms with van der Waals surface area (Å²) in [4.78, 5) is 4.77. The van der Waals surface area contributed by atoms with E-state index in [1.165, 1.54) is 5.17 Å². The number of benzene rings is 1. The Bertz CT molecular complexity index is 201. The molecule has 1 aromatic rings. The molecule has 11 heavy (non-hydrogen) atoms. The number of hydroxylamine groups is 1. The SMILES string of the molecule is CON(N)Cc1ccccc1. The molecule has 0 bridgehead atoms. The van der Waals surface area contributed by atoms with E-state index in [4.69, 9.17) is 10.7 Å². The largest absolute Gasteiger partial charge is 0.287 e. The van der Waals surface area contributed by atoms with Crippen molar-refractivity contribution in [2.45, 2.75) is 6.54 Å². The second-order valence-electron chi connectivity index (χ2n) is 2.24. The van der Waals surface area contributed by atoms with Crippen LogP contribution in [0, 0.1) is 0 Å². The van der Waals surface area contributed by atoms with E-state index in [2.05, 4.69) is 0 Å². The Kier molecular flexibility index (Phi) is 3.04. The fourth-order valence-electron chi connectivity index (χ4n) is 0.828. The van der Waals surface area contributed by atoms with Gasteiger partial charge < -0.3 is 0 Å². The molecule has 0 radical (unpaired) electrons. The highest BCUT2D eigenvalue weighted by Crippen LogP contribution is 2.00. The standard InChI is InChI=1S/C8H12N2O/c1-11-10(9)7-8-5-3-2-4-6-8/h2-6H,7,9H2,1H3. The van der Waals surface area contributed by atoms with E-state index in [-0.39, 0.29) is 0 Å². The van der Waals surface area contributed by atoms with Crippen molar-refractivity contribution in [1.82, 2.24) is 5.17 Å². The zero-order valence-electron chi connectivity index (χ0n) is 6.53. The first kappa shape index (κ1) is 8.20. The smallest absolute Gasteiger partial charge is 0.0649 e. The van der Waals surface area contributed by atoms with Crippen LogP contribution < -0.4 is 5.84 Å². The zero-order valence-corrected chi connectivity index (χ0v) is 6.53. The molecule has 2 N–H and O–H groups in total. The average Bonchev–Trinajstić information content (AvgIpc) is 2.06. The van der Waals surface area contributed by atoms with Crippen LogP contribution in [-0.4, -0.2) is 12.3 Å². The topological polar surface area (TPSA) is 38.5 Å². The highest BCUT2D eigenvalue weighted by atomic mass is 16.7. The lowest BCUT2D eigenvalue weighted by molar-refractivity contribution is -0.141. The lowest BCUT2D eigenvalue weighted by Crippen LogP contribution is -2.28. The second-order valence-corrected chi connectivity index (χ2v) is 2.24. The van der Waals surface area contributed by atoms with E-state index in [1.807, 2.05) is 30.3 Å². The summed E-state index contributed by atoms with van der Waals surface area (Å²) in [5, 5.41) is 1.29.